The van der Waals surface area contributed by atoms with Gasteiger partial charge in [0, 0.05) is 17.7 Å². The molecule has 26 heavy (non-hydrogen) atoms. The number of nitrogens with one attached hydrogen (secondary N) is 2. The molecule has 1 saturated carbocycles. The van der Waals surface area contributed by atoms with E-state index in [1.54, 1.807) is 0 Å². The number of hydrogen-bond donors (Lipinski definition) is 2. The van der Waals surface area contributed by atoms with Gasteiger partial charge in [-0.3, -0.25) is 24.5 Å². The van der Waals surface area contributed by atoms with E-state index in [4.69, 9.17) is 16.3 Å². The van der Waals surface area contributed by atoms with E-state index in [9.17, 15) is 24.5 Å². The molecule has 2 amide bonds. The fourth-order valence-electron chi connectivity index (χ4n) is 2.26. The number of rotatable bonds is 8. The van der Waals surface area contributed by atoms with Crippen molar-refractivity contribution in [2.75, 3.05) is 13.2 Å². The normalized spacial score (nSPS) is 14.2. The van der Waals surface area contributed by atoms with Crippen molar-refractivity contribution >= 4 is 35.1 Å². The molecule has 0 heterocycles. The van der Waals surface area contributed by atoms with E-state index in [-0.39, 0.29) is 16.6 Å². The molecule has 0 radical (unpaired) electrons. The van der Waals surface area contributed by atoms with Crippen LogP contribution in [0.5, 0.6) is 0 Å². The van der Waals surface area contributed by atoms with Crippen LogP contribution in [0.4, 0.5) is 5.69 Å². The predicted molar refractivity (Wildman–Crippen MR) is 91.7 cm³/mol. The van der Waals surface area contributed by atoms with E-state index in [1.165, 1.54) is 12.1 Å². The molecule has 1 aliphatic rings. The summed E-state index contributed by atoms with van der Waals surface area (Å²) in [7, 11) is 0. The molecule has 0 saturated heterocycles. The van der Waals surface area contributed by atoms with Gasteiger partial charge in [-0.25, -0.2) is 0 Å². The topological polar surface area (TPSA) is 128 Å². The predicted octanol–water partition coefficient (Wildman–Crippen LogP) is 1.44. The van der Waals surface area contributed by atoms with Crippen LogP contribution in [-0.4, -0.2) is 41.9 Å². The second-order valence-corrected chi connectivity index (χ2v) is 6.37. The van der Waals surface area contributed by atoms with Gasteiger partial charge in [0.15, 0.2) is 6.61 Å². The zero-order valence-electron chi connectivity index (χ0n) is 14.0. The highest BCUT2D eigenvalue weighted by molar-refractivity contribution is 6.32. The molecule has 2 rings (SSSR count). The standard InChI is InChI=1S/C16H18ClN3O6/c1-9(10-2-3-10)19-14(21)8-26-15(22)7-18-16(23)11-4-5-12(17)13(6-11)20(24)25/h4-6,9-10H,2-3,7-8H2,1H3,(H,18,23)(H,19,21)/t9-/m1/s1. The van der Waals surface area contributed by atoms with Crippen LogP contribution in [0.25, 0.3) is 0 Å². The number of nitro groups is 1. The van der Waals surface area contributed by atoms with Crippen molar-refractivity contribution in [3.63, 3.8) is 0 Å². The Kier molecular flexibility index (Phi) is 6.51. The lowest BCUT2D eigenvalue weighted by molar-refractivity contribution is -0.384. The molecule has 1 fully saturated rings. The summed E-state index contributed by atoms with van der Waals surface area (Å²) in [5.74, 6) is -1.42. The summed E-state index contributed by atoms with van der Waals surface area (Å²) in [6.45, 7) is 0.988. The molecule has 0 spiro atoms. The number of halogens is 1. The first-order valence-corrected chi connectivity index (χ1v) is 8.33. The van der Waals surface area contributed by atoms with Crippen LogP contribution < -0.4 is 10.6 Å². The van der Waals surface area contributed by atoms with Crippen LogP contribution in [-0.2, 0) is 14.3 Å². The van der Waals surface area contributed by atoms with Crippen molar-refractivity contribution in [2.45, 2.75) is 25.8 Å². The number of amides is 2. The number of ether oxygens (including phenoxy) is 1. The van der Waals surface area contributed by atoms with E-state index in [0.29, 0.717) is 5.92 Å². The van der Waals surface area contributed by atoms with Gasteiger partial charge in [-0.1, -0.05) is 11.6 Å². The number of carbonyl (C=O) groups is 3. The molecular weight excluding hydrogens is 366 g/mol. The average molecular weight is 384 g/mol. The molecule has 1 aromatic rings. The first-order chi connectivity index (χ1) is 12.3. The van der Waals surface area contributed by atoms with E-state index in [0.717, 1.165) is 18.9 Å². The quantitative estimate of drug-likeness (QED) is 0.397. The van der Waals surface area contributed by atoms with Gasteiger partial charge < -0.3 is 15.4 Å². The third kappa shape index (κ3) is 5.69. The highest BCUT2D eigenvalue weighted by Crippen LogP contribution is 2.32. The largest absolute Gasteiger partial charge is 0.454 e. The van der Waals surface area contributed by atoms with Crippen molar-refractivity contribution in [3.05, 3.63) is 38.9 Å². The Morgan fingerprint density at radius 3 is 2.69 bits per heavy atom. The van der Waals surface area contributed by atoms with Crippen molar-refractivity contribution < 1.29 is 24.0 Å². The van der Waals surface area contributed by atoms with E-state index in [2.05, 4.69) is 10.6 Å². The Morgan fingerprint density at radius 2 is 2.08 bits per heavy atom. The Labute approximate surface area is 154 Å². The molecular formula is C16H18ClN3O6. The van der Waals surface area contributed by atoms with Crippen LogP contribution in [0, 0.1) is 16.0 Å². The molecule has 0 unspecified atom stereocenters. The Morgan fingerprint density at radius 1 is 1.38 bits per heavy atom. The van der Waals surface area contributed by atoms with Gasteiger partial charge in [0.2, 0.25) is 0 Å². The van der Waals surface area contributed by atoms with Crippen molar-refractivity contribution in [3.8, 4) is 0 Å². The minimum atomic E-state index is -0.795. The molecule has 1 aromatic carbocycles. The molecule has 9 nitrogen and oxygen atoms in total. The Balaban J connectivity index is 1.76. The molecule has 0 aromatic heterocycles. The minimum Gasteiger partial charge on any atom is -0.454 e. The number of hydrogen-bond acceptors (Lipinski definition) is 6. The van der Waals surface area contributed by atoms with Crippen molar-refractivity contribution in [2.24, 2.45) is 5.92 Å². The minimum absolute atomic E-state index is 0.0232. The summed E-state index contributed by atoms with van der Waals surface area (Å²) in [6, 6.07) is 3.57. The lowest BCUT2D eigenvalue weighted by Crippen LogP contribution is -2.38. The first-order valence-electron chi connectivity index (χ1n) is 7.95. The van der Waals surface area contributed by atoms with Crippen molar-refractivity contribution in [1.29, 1.82) is 0 Å². The Bertz CT molecular complexity index is 735. The summed E-state index contributed by atoms with van der Waals surface area (Å²) in [5.41, 5.74) is -0.437. The zero-order valence-corrected chi connectivity index (χ0v) is 14.7. The number of nitrogens with zero attached hydrogens (tertiary/aromatic N) is 1. The number of nitro benzene ring substituents is 1. The van der Waals surface area contributed by atoms with Gasteiger partial charge in [-0.05, 0) is 37.8 Å². The maximum atomic E-state index is 11.9. The van der Waals surface area contributed by atoms with E-state index >= 15 is 0 Å². The number of carbonyl (C=O) groups excluding carboxylic acids is 3. The summed E-state index contributed by atoms with van der Waals surface area (Å²) < 4.78 is 4.78. The monoisotopic (exact) mass is 383 g/mol. The third-order valence-electron chi connectivity index (χ3n) is 3.88. The fourth-order valence-corrected chi connectivity index (χ4v) is 2.44. The first kappa shape index (κ1) is 19.6. The number of benzene rings is 1. The summed E-state index contributed by atoms with van der Waals surface area (Å²) >= 11 is 5.67. The van der Waals surface area contributed by atoms with Gasteiger partial charge in [-0.2, -0.15) is 0 Å². The molecule has 1 atom stereocenters. The third-order valence-corrected chi connectivity index (χ3v) is 4.20. The molecule has 2 N–H and O–H groups in total. The molecule has 10 heteroatoms. The van der Waals surface area contributed by atoms with Crippen LogP contribution in [0.3, 0.4) is 0 Å². The summed E-state index contributed by atoms with van der Waals surface area (Å²) in [4.78, 5) is 45.3. The van der Waals surface area contributed by atoms with Gasteiger partial charge in [-0.15, -0.1) is 0 Å². The molecule has 0 aliphatic heterocycles. The molecule has 1 aliphatic carbocycles. The zero-order chi connectivity index (χ0) is 19.3. The Hall–Kier alpha value is -2.68. The highest BCUT2D eigenvalue weighted by Gasteiger charge is 2.29. The van der Waals surface area contributed by atoms with Crippen LogP contribution >= 0.6 is 11.6 Å². The highest BCUT2D eigenvalue weighted by atomic mass is 35.5. The van der Waals surface area contributed by atoms with Gasteiger partial charge >= 0.3 is 5.97 Å². The molecule has 140 valence electrons. The van der Waals surface area contributed by atoms with E-state index in [1.807, 2.05) is 6.92 Å². The maximum absolute atomic E-state index is 11.9. The smallest absolute Gasteiger partial charge is 0.325 e. The van der Waals surface area contributed by atoms with Gasteiger partial charge in [0.25, 0.3) is 17.5 Å². The van der Waals surface area contributed by atoms with Crippen LogP contribution in [0.15, 0.2) is 18.2 Å². The summed E-state index contributed by atoms with van der Waals surface area (Å²) in [6.07, 6.45) is 2.16. The van der Waals surface area contributed by atoms with Crippen LogP contribution in [0.2, 0.25) is 5.02 Å². The van der Waals surface area contributed by atoms with Crippen molar-refractivity contribution in [1.82, 2.24) is 10.6 Å². The number of esters is 1. The molecule has 0 bridgehead atoms. The van der Waals surface area contributed by atoms with Gasteiger partial charge in [0.05, 0.1) is 4.92 Å². The van der Waals surface area contributed by atoms with Crippen LogP contribution in [0.1, 0.15) is 30.1 Å². The average Bonchev–Trinajstić information content (AvgIpc) is 3.43. The SMILES string of the molecule is C[C@@H](NC(=O)COC(=O)CNC(=O)c1ccc(Cl)c([N+](=O)[O-])c1)C1CC1. The fraction of sp³-hybridized carbons (Fsp3) is 0.438. The van der Waals surface area contributed by atoms with Gasteiger partial charge in [0.1, 0.15) is 11.6 Å². The second-order valence-electron chi connectivity index (χ2n) is 5.96. The van der Waals surface area contributed by atoms with E-state index < -0.39 is 41.5 Å². The second kappa shape index (κ2) is 8.61. The lowest BCUT2D eigenvalue weighted by atomic mass is 10.2. The lowest BCUT2D eigenvalue weighted by Gasteiger charge is -2.12. The summed E-state index contributed by atoms with van der Waals surface area (Å²) in [5, 5.41) is 15.7. The maximum Gasteiger partial charge on any atom is 0.325 e.